The van der Waals surface area contributed by atoms with E-state index in [0.29, 0.717) is 18.6 Å². The van der Waals surface area contributed by atoms with Crippen molar-refractivity contribution in [2.24, 2.45) is 5.41 Å². The van der Waals surface area contributed by atoms with Crippen molar-refractivity contribution in [3.63, 3.8) is 0 Å². The SMILES string of the molecule is COCCNC1(C(=O)OC)CCC(C)(C)CC1. The van der Waals surface area contributed by atoms with Crippen LogP contribution in [0.2, 0.25) is 0 Å². The number of nitrogens with one attached hydrogen (secondary N) is 1. The summed E-state index contributed by atoms with van der Waals surface area (Å²) in [6.07, 6.45) is 3.77. The Labute approximate surface area is 104 Å². The van der Waals surface area contributed by atoms with Crippen molar-refractivity contribution in [3.05, 3.63) is 0 Å². The molecule has 0 amide bonds. The molecular formula is C13H25NO3. The summed E-state index contributed by atoms with van der Waals surface area (Å²) in [4.78, 5) is 12.0. The molecule has 1 saturated carbocycles. The number of methoxy groups -OCH3 is 2. The molecule has 0 aromatic carbocycles. The quantitative estimate of drug-likeness (QED) is 0.590. The summed E-state index contributed by atoms with van der Waals surface area (Å²) in [6, 6.07) is 0. The lowest BCUT2D eigenvalue weighted by molar-refractivity contribution is -0.151. The predicted molar refractivity (Wildman–Crippen MR) is 66.9 cm³/mol. The summed E-state index contributed by atoms with van der Waals surface area (Å²) in [6.45, 7) is 5.81. The van der Waals surface area contributed by atoms with Crippen molar-refractivity contribution in [2.75, 3.05) is 27.4 Å². The van der Waals surface area contributed by atoms with Gasteiger partial charge in [-0.25, -0.2) is 0 Å². The van der Waals surface area contributed by atoms with E-state index in [-0.39, 0.29) is 5.97 Å². The fourth-order valence-corrected chi connectivity index (χ4v) is 2.39. The van der Waals surface area contributed by atoms with Crippen molar-refractivity contribution in [3.8, 4) is 0 Å². The number of ether oxygens (including phenoxy) is 2. The van der Waals surface area contributed by atoms with Crippen LogP contribution in [0.1, 0.15) is 39.5 Å². The molecule has 0 unspecified atom stereocenters. The maximum Gasteiger partial charge on any atom is 0.326 e. The van der Waals surface area contributed by atoms with Crippen LogP contribution >= 0.6 is 0 Å². The normalized spacial score (nSPS) is 22.1. The van der Waals surface area contributed by atoms with Crippen LogP contribution in [0.15, 0.2) is 0 Å². The third-order valence-corrected chi connectivity index (χ3v) is 3.80. The first kappa shape index (κ1) is 14.5. The zero-order valence-electron chi connectivity index (χ0n) is 11.5. The molecular weight excluding hydrogens is 218 g/mol. The Bertz CT molecular complexity index is 253. The molecule has 0 heterocycles. The minimum Gasteiger partial charge on any atom is -0.468 e. The van der Waals surface area contributed by atoms with Gasteiger partial charge >= 0.3 is 5.97 Å². The van der Waals surface area contributed by atoms with E-state index in [1.165, 1.54) is 7.11 Å². The third kappa shape index (κ3) is 3.68. The molecule has 1 aliphatic carbocycles. The molecule has 17 heavy (non-hydrogen) atoms. The molecule has 100 valence electrons. The van der Waals surface area contributed by atoms with E-state index in [2.05, 4.69) is 19.2 Å². The minimum absolute atomic E-state index is 0.135. The van der Waals surface area contributed by atoms with Gasteiger partial charge in [-0.3, -0.25) is 10.1 Å². The minimum atomic E-state index is -0.497. The number of rotatable bonds is 5. The molecule has 0 saturated heterocycles. The van der Waals surface area contributed by atoms with Gasteiger partial charge in [0.25, 0.3) is 0 Å². The number of hydrogen-bond acceptors (Lipinski definition) is 4. The van der Waals surface area contributed by atoms with E-state index >= 15 is 0 Å². The van der Waals surface area contributed by atoms with E-state index in [0.717, 1.165) is 25.7 Å². The smallest absolute Gasteiger partial charge is 0.326 e. The molecule has 4 heteroatoms. The van der Waals surface area contributed by atoms with Gasteiger partial charge in [0.15, 0.2) is 0 Å². The molecule has 1 fully saturated rings. The maximum absolute atomic E-state index is 12.0. The highest BCUT2D eigenvalue weighted by atomic mass is 16.5. The highest BCUT2D eigenvalue weighted by Gasteiger charge is 2.44. The van der Waals surface area contributed by atoms with Gasteiger partial charge in [-0.05, 0) is 31.1 Å². The molecule has 1 rings (SSSR count). The number of hydrogen-bond donors (Lipinski definition) is 1. The first-order valence-electron chi connectivity index (χ1n) is 6.28. The molecule has 0 aromatic rings. The monoisotopic (exact) mass is 243 g/mol. The van der Waals surface area contributed by atoms with Crippen molar-refractivity contribution >= 4 is 5.97 Å². The van der Waals surface area contributed by atoms with E-state index in [1.807, 2.05) is 0 Å². The van der Waals surface area contributed by atoms with E-state index in [1.54, 1.807) is 7.11 Å². The van der Waals surface area contributed by atoms with Crippen LogP contribution in [0, 0.1) is 5.41 Å². The van der Waals surface area contributed by atoms with E-state index < -0.39 is 5.54 Å². The molecule has 0 spiro atoms. The standard InChI is InChI=1S/C13H25NO3/c1-12(2)5-7-13(8-6-12,11(15)17-4)14-9-10-16-3/h14H,5-10H2,1-4H3. The summed E-state index contributed by atoms with van der Waals surface area (Å²) in [5.41, 5.74) is -0.163. The van der Waals surface area contributed by atoms with Gasteiger partial charge in [0.05, 0.1) is 13.7 Å². The Morgan fingerprint density at radius 2 is 1.76 bits per heavy atom. The molecule has 1 aliphatic rings. The van der Waals surface area contributed by atoms with Gasteiger partial charge in [-0.15, -0.1) is 0 Å². The fraction of sp³-hybridized carbons (Fsp3) is 0.923. The van der Waals surface area contributed by atoms with Crippen molar-refractivity contribution in [2.45, 2.75) is 45.1 Å². The number of carbonyl (C=O) groups excluding carboxylic acids is 1. The van der Waals surface area contributed by atoms with Crippen LogP contribution < -0.4 is 5.32 Å². The summed E-state index contributed by atoms with van der Waals surface area (Å²) in [7, 11) is 3.12. The van der Waals surface area contributed by atoms with E-state index in [4.69, 9.17) is 9.47 Å². The zero-order valence-corrected chi connectivity index (χ0v) is 11.5. The second kappa shape index (κ2) is 5.83. The lowest BCUT2D eigenvalue weighted by Crippen LogP contribution is -2.56. The lowest BCUT2D eigenvalue weighted by atomic mass is 9.69. The Kier molecular flexibility index (Phi) is 4.95. The zero-order chi connectivity index (χ0) is 12.9. The van der Waals surface area contributed by atoms with Gasteiger partial charge in [-0.1, -0.05) is 13.8 Å². The Morgan fingerprint density at radius 1 is 1.18 bits per heavy atom. The highest BCUT2D eigenvalue weighted by molar-refractivity contribution is 5.80. The first-order valence-corrected chi connectivity index (χ1v) is 6.28. The van der Waals surface area contributed by atoms with E-state index in [9.17, 15) is 4.79 Å². The van der Waals surface area contributed by atoms with Crippen LogP contribution in [0.3, 0.4) is 0 Å². The molecule has 0 aliphatic heterocycles. The van der Waals surface area contributed by atoms with Crippen LogP contribution in [0.25, 0.3) is 0 Å². The lowest BCUT2D eigenvalue weighted by Gasteiger charge is -2.42. The maximum atomic E-state index is 12.0. The van der Waals surface area contributed by atoms with Crippen molar-refractivity contribution < 1.29 is 14.3 Å². The van der Waals surface area contributed by atoms with Gasteiger partial charge in [0.2, 0.25) is 0 Å². The third-order valence-electron chi connectivity index (χ3n) is 3.80. The van der Waals surface area contributed by atoms with Crippen molar-refractivity contribution in [1.82, 2.24) is 5.32 Å². The topological polar surface area (TPSA) is 47.6 Å². The second-order valence-corrected chi connectivity index (χ2v) is 5.66. The Balaban J connectivity index is 2.65. The van der Waals surface area contributed by atoms with Crippen LogP contribution in [-0.4, -0.2) is 38.9 Å². The van der Waals surface area contributed by atoms with Gasteiger partial charge in [-0.2, -0.15) is 0 Å². The predicted octanol–water partition coefficient (Wildman–Crippen LogP) is 1.73. The molecule has 0 aromatic heterocycles. The highest BCUT2D eigenvalue weighted by Crippen LogP contribution is 2.40. The average molecular weight is 243 g/mol. The van der Waals surface area contributed by atoms with Crippen molar-refractivity contribution in [1.29, 1.82) is 0 Å². The second-order valence-electron chi connectivity index (χ2n) is 5.66. The summed E-state index contributed by atoms with van der Waals surface area (Å²) in [5.74, 6) is -0.135. The van der Waals surface area contributed by atoms with Gasteiger partial charge in [0.1, 0.15) is 5.54 Å². The fourth-order valence-electron chi connectivity index (χ4n) is 2.39. The summed E-state index contributed by atoms with van der Waals surface area (Å²) >= 11 is 0. The van der Waals surface area contributed by atoms with Crippen LogP contribution in [0.5, 0.6) is 0 Å². The van der Waals surface area contributed by atoms with Gasteiger partial charge < -0.3 is 9.47 Å². The molecule has 0 atom stereocenters. The largest absolute Gasteiger partial charge is 0.468 e. The molecule has 0 bridgehead atoms. The van der Waals surface area contributed by atoms with Crippen LogP contribution in [-0.2, 0) is 14.3 Å². The number of esters is 1. The summed E-state index contributed by atoms with van der Waals surface area (Å²) < 4.78 is 9.97. The van der Waals surface area contributed by atoms with Gasteiger partial charge in [0, 0.05) is 13.7 Å². The molecule has 1 N–H and O–H groups in total. The molecule has 0 radical (unpaired) electrons. The Morgan fingerprint density at radius 3 is 2.24 bits per heavy atom. The summed E-state index contributed by atoms with van der Waals surface area (Å²) in [5, 5.41) is 3.32. The Hall–Kier alpha value is -0.610. The molecule has 4 nitrogen and oxygen atoms in total. The first-order chi connectivity index (χ1) is 7.96. The average Bonchev–Trinajstić information content (AvgIpc) is 2.31. The van der Waals surface area contributed by atoms with Crippen LogP contribution in [0.4, 0.5) is 0 Å². The number of carbonyl (C=O) groups is 1.